The van der Waals surface area contributed by atoms with Gasteiger partial charge in [0, 0.05) is 5.02 Å². The number of amides is 1. The number of aryl methyl sites for hydroxylation is 1. The van der Waals surface area contributed by atoms with Gasteiger partial charge in [-0.2, -0.15) is 0 Å². The fourth-order valence-corrected chi connectivity index (χ4v) is 3.37. The van der Waals surface area contributed by atoms with E-state index in [2.05, 4.69) is 12.2 Å². The Morgan fingerprint density at radius 2 is 1.82 bits per heavy atom. The summed E-state index contributed by atoms with van der Waals surface area (Å²) in [5, 5.41) is 13.0. The molecule has 0 unspecified atom stereocenters. The van der Waals surface area contributed by atoms with Gasteiger partial charge >= 0.3 is 6.09 Å². The molecule has 1 amide bonds. The first-order chi connectivity index (χ1) is 13.4. The SMILES string of the molecule is CCCCCCCCc1cccc(OC(=O)Nc2cc(Cl)c(C)c(Cl)c2O)c1. The third-order valence-electron chi connectivity index (χ3n) is 4.59. The molecule has 0 aliphatic carbocycles. The number of benzene rings is 2. The quantitative estimate of drug-likeness (QED) is 0.323. The summed E-state index contributed by atoms with van der Waals surface area (Å²) in [6.07, 6.45) is 7.66. The van der Waals surface area contributed by atoms with E-state index in [9.17, 15) is 9.90 Å². The molecule has 0 atom stereocenters. The Kier molecular flexibility index (Phi) is 8.94. The van der Waals surface area contributed by atoms with E-state index in [1.54, 1.807) is 13.0 Å². The van der Waals surface area contributed by atoms with Crippen LogP contribution in [0.15, 0.2) is 30.3 Å². The minimum atomic E-state index is -0.719. The number of rotatable bonds is 9. The van der Waals surface area contributed by atoms with Crippen molar-refractivity contribution in [2.45, 2.75) is 58.8 Å². The smallest absolute Gasteiger partial charge is 0.417 e. The Morgan fingerprint density at radius 3 is 2.57 bits per heavy atom. The number of hydrogen-bond donors (Lipinski definition) is 2. The van der Waals surface area contributed by atoms with E-state index in [1.807, 2.05) is 18.2 Å². The van der Waals surface area contributed by atoms with Crippen LogP contribution in [0.25, 0.3) is 0 Å². The van der Waals surface area contributed by atoms with Crippen molar-refractivity contribution < 1.29 is 14.6 Å². The molecule has 0 aliphatic rings. The number of hydrogen-bond acceptors (Lipinski definition) is 3. The van der Waals surface area contributed by atoms with Crippen LogP contribution < -0.4 is 10.1 Å². The highest BCUT2D eigenvalue weighted by Crippen LogP contribution is 2.38. The molecule has 0 aromatic heterocycles. The van der Waals surface area contributed by atoms with Crippen LogP contribution in [0, 0.1) is 6.92 Å². The largest absolute Gasteiger partial charge is 0.504 e. The van der Waals surface area contributed by atoms with E-state index in [1.165, 1.54) is 38.2 Å². The molecule has 152 valence electrons. The van der Waals surface area contributed by atoms with Crippen LogP contribution in [0.2, 0.25) is 10.0 Å². The third-order valence-corrected chi connectivity index (χ3v) is 5.44. The summed E-state index contributed by atoms with van der Waals surface area (Å²) in [5.41, 5.74) is 1.78. The molecule has 0 spiro atoms. The van der Waals surface area contributed by atoms with E-state index in [4.69, 9.17) is 27.9 Å². The zero-order valence-corrected chi connectivity index (χ0v) is 17.9. The number of ether oxygens (including phenoxy) is 1. The molecule has 0 saturated carbocycles. The van der Waals surface area contributed by atoms with E-state index in [0.717, 1.165) is 18.4 Å². The van der Waals surface area contributed by atoms with Crippen LogP contribution in [0.4, 0.5) is 10.5 Å². The number of anilines is 1. The Bertz CT molecular complexity index is 809. The van der Waals surface area contributed by atoms with Gasteiger partial charge in [-0.1, -0.05) is 74.4 Å². The van der Waals surface area contributed by atoms with Crippen LogP contribution in [-0.4, -0.2) is 11.2 Å². The first kappa shape index (κ1) is 22.4. The van der Waals surface area contributed by atoms with Crippen LogP contribution in [0.1, 0.15) is 56.6 Å². The lowest BCUT2D eigenvalue weighted by Gasteiger charge is -2.12. The summed E-state index contributed by atoms with van der Waals surface area (Å²) >= 11 is 12.1. The van der Waals surface area contributed by atoms with E-state index in [-0.39, 0.29) is 16.5 Å². The van der Waals surface area contributed by atoms with E-state index in [0.29, 0.717) is 16.3 Å². The van der Waals surface area contributed by atoms with Crippen molar-refractivity contribution in [3.8, 4) is 11.5 Å². The normalized spacial score (nSPS) is 10.7. The van der Waals surface area contributed by atoms with Gasteiger partial charge in [0.2, 0.25) is 0 Å². The molecule has 4 nitrogen and oxygen atoms in total. The molecule has 2 rings (SSSR count). The molecule has 6 heteroatoms. The highest BCUT2D eigenvalue weighted by Gasteiger charge is 2.15. The number of nitrogens with one attached hydrogen (secondary N) is 1. The molecule has 0 saturated heterocycles. The number of aromatic hydroxyl groups is 1. The van der Waals surface area contributed by atoms with Crippen molar-refractivity contribution in [2.75, 3.05) is 5.32 Å². The predicted octanol–water partition coefficient (Wildman–Crippen LogP) is 7.52. The number of carbonyl (C=O) groups is 1. The second kappa shape index (κ2) is 11.2. The Balaban J connectivity index is 1.91. The Labute approximate surface area is 176 Å². The predicted molar refractivity (Wildman–Crippen MR) is 116 cm³/mol. The van der Waals surface area contributed by atoms with E-state index < -0.39 is 6.09 Å². The molecule has 0 heterocycles. The molecule has 0 bridgehead atoms. The summed E-state index contributed by atoms with van der Waals surface area (Å²) in [5.74, 6) is 0.210. The van der Waals surface area contributed by atoms with Gasteiger partial charge in [0.15, 0.2) is 5.75 Å². The number of carbonyl (C=O) groups excluding carboxylic acids is 1. The van der Waals surface area contributed by atoms with Crippen molar-refractivity contribution >= 4 is 35.0 Å². The first-order valence-corrected chi connectivity index (χ1v) is 10.4. The summed E-state index contributed by atoms with van der Waals surface area (Å²) < 4.78 is 5.34. The highest BCUT2D eigenvalue weighted by atomic mass is 35.5. The lowest BCUT2D eigenvalue weighted by Crippen LogP contribution is -2.17. The molecule has 2 aromatic rings. The van der Waals surface area contributed by atoms with Gasteiger partial charge in [0.25, 0.3) is 0 Å². The number of halogens is 2. The molecule has 2 N–H and O–H groups in total. The van der Waals surface area contributed by atoms with Crippen molar-refractivity contribution in [2.24, 2.45) is 0 Å². The summed E-state index contributed by atoms with van der Waals surface area (Å²) in [4.78, 5) is 12.2. The zero-order valence-electron chi connectivity index (χ0n) is 16.4. The fraction of sp³-hybridized carbons (Fsp3) is 0.409. The Morgan fingerprint density at radius 1 is 1.11 bits per heavy atom. The van der Waals surface area contributed by atoms with Gasteiger partial charge in [0.05, 0.1) is 10.7 Å². The highest BCUT2D eigenvalue weighted by molar-refractivity contribution is 6.37. The molecular weight excluding hydrogens is 397 g/mol. The maximum Gasteiger partial charge on any atom is 0.417 e. The van der Waals surface area contributed by atoms with Gasteiger partial charge in [-0.15, -0.1) is 0 Å². The van der Waals surface area contributed by atoms with Gasteiger partial charge < -0.3 is 9.84 Å². The average Bonchev–Trinajstić information content (AvgIpc) is 2.67. The maximum atomic E-state index is 12.2. The molecule has 28 heavy (non-hydrogen) atoms. The summed E-state index contributed by atoms with van der Waals surface area (Å²) in [7, 11) is 0. The van der Waals surface area contributed by atoms with Gasteiger partial charge in [-0.05, 0) is 49.1 Å². The molecule has 0 radical (unpaired) electrons. The second-order valence-corrected chi connectivity index (χ2v) is 7.66. The second-order valence-electron chi connectivity index (χ2n) is 6.87. The summed E-state index contributed by atoms with van der Waals surface area (Å²) in [6.45, 7) is 3.90. The van der Waals surface area contributed by atoms with Crippen LogP contribution in [0.3, 0.4) is 0 Å². The Hall–Kier alpha value is -1.91. The van der Waals surface area contributed by atoms with Crippen molar-refractivity contribution in [1.29, 1.82) is 0 Å². The van der Waals surface area contributed by atoms with Gasteiger partial charge in [-0.3, -0.25) is 5.32 Å². The van der Waals surface area contributed by atoms with Crippen molar-refractivity contribution in [3.05, 3.63) is 51.5 Å². The monoisotopic (exact) mass is 423 g/mol. The average molecular weight is 424 g/mol. The standard InChI is InChI=1S/C22H27Cl2NO3/c1-3-4-5-6-7-8-10-16-11-9-12-17(13-16)28-22(27)25-19-14-18(23)15(2)20(24)21(19)26/h9,11-14,26H,3-8,10H2,1-2H3,(H,25,27). The van der Waals surface area contributed by atoms with Gasteiger partial charge in [-0.25, -0.2) is 4.79 Å². The first-order valence-electron chi connectivity index (χ1n) is 9.67. The maximum absolute atomic E-state index is 12.2. The van der Waals surface area contributed by atoms with E-state index >= 15 is 0 Å². The van der Waals surface area contributed by atoms with Gasteiger partial charge in [0.1, 0.15) is 5.75 Å². The summed E-state index contributed by atoms with van der Waals surface area (Å²) in [6, 6.07) is 8.92. The molecule has 0 aliphatic heterocycles. The number of unbranched alkanes of at least 4 members (excludes halogenated alkanes) is 5. The lowest BCUT2D eigenvalue weighted by molar-refractivity contribution is 0.215. The lowest BCUT2D eigenvalue weighted by atomic mass is 10.0. The fourth-order valence-electron chi connectivity index (χ4n) is 2.92. The molecule has 0 fully saturated rings. The van der Waals surface area contributed by atoms with Crippen LogP contribution >= 0.6 is 23.2 Å². The molecular formula is C22H27Cl2NO3. The van der Waals surface area contributed by atoms with Crippen molar-refractivity contribution in [3.63, 3.8) is 0 Å². The third kappa shape index (κ3) is 6.61. The van der Waals surface area contributed by atoms with Crippen LogP contribution in [0.5, 0.6) is 11.5 Å². The van der Waals surface area contributed by atoms with Crippen LogP contribution in [-0.2, 0) is 6.42 Å². The topological polar surface area (TPSA) is 58.6 Å². The van der Waals surface area contributed by atoms with Crippen molar-refractivity contribution in [1.82, 2.24) is 0 Å². The number of phenolic OH excluding ortho intramolecular Hbond substituents is 1. The minimum absolute atomic E-state index is 0.101. The number of phenols is 1. The zero-order chi connectivity index (χ0) is 20.5. The minimum Gasteiger partial charge on any atom is -0.504 e. The molecule has 2 aromatic carbocycles.